The van der Waals surface area contributed by atoms with Crippen molar-refractivity contribution >= 4 is 5.82 Å². The Morgan fingerprint density at radius 2 is 2.05 bits per heavy atom. The number of aryl methyl sites for hydroxylation is 1. The standard InChI is InChI=1S/C16H21N3O/c1-5-14-11(2)16(17-3)19-15(18-14)10-12-7-6-8-13(9-12)20-4/h6-9H,5,10H2,1-4H3,(H,17,18,19). The van der Waals surface area contributed by atoms with Gasteiger partial charge in [-0.15, -0.1) is 0 Å². The molecule has 0 bridgehead atoms. The first kappa shape index (κ1) is 14.3. The largest absolute Gasteiger partial charge is 0.497 e. The highest BCUT2D eigenvalue weighted by atomic mass is 16.5. The lowest BCUT2D eigenvalue weighted by atomic mass is 10.1. The number of nitrogens with zero attached hydrogens (tertiary/aromatic N) is 2. The molecule has 2 aromatic rings. The first-order valence-electron chi connectivity index (χ1n) is 6.85. The average molecular weight is 271 g/mol. The van der Waals surface area contributed by atoms with Crippen LogP contribution in [0.5, 0.6) is 5.75 Å². The number of aromatic nitrogens is 2. The summed E-state index contributed by atoms with van der Waals surface area (Å²) in [5, 5.41) is 3.14. The number of nitrogens with one attached hydrogen (secondary N) is 1. The molecule has 2 rings (SSSR count). The summed E-state index contributed by atoms with van der Waals surface area (Å²) in [5.41, 5.74) is 3.38. The second-order valence-corrected chi connectivity index (χ2v) is 4.69. The zero-order chi connectivity index (χ0) is 14.5. The van der Waals surface area contributed by atoms with Crippen LogP contribution in [0.4, 0.5) is 5.82 Å². The number of hydrogen-bond donors (Lipinski definition) is 1. The highest BCUT2D eigenvalue weighted by Crippen LogP contribution is 2.19. The molecule has 1 aromatic heterocycles. The lowest BCUT2D eigenvalue weighted by Gasteiger charge is -2.11. The lowest BCUT2D eigenvalue weighted by molar-refractivity contribution is 0.414. The summed E-state index contributed by atoms with van der Waals surface area (Å²) < 4.78 is 5.25. The minimum atomic E-state index is 0.708. The van der Waals surface area contributed by atoms with E-state index in [4.69, 9.17) is 4.74 Å². The smallest absolute Gasteiger partial charge is 0.135 e. The molecule has 0 aliphatic carbocycles. The van der Waals surface area contributed by atoms with E-state index in [0.29, 0.717) is 6.42 Å². The quantitative estimate of drug-likeness (QED) is 0.908. The maximum Gasteiger partial charge on any atom is 0.135 e. The molecule has 1 heterocycles. The normalized spacial score (nSPS) is 10.4. The monoisotopic (exact) mass is 271 g/mol. The molecule has 0 spiro atoms. The Morgan fingerprint density at radius 1 is 1.25 bits per heavy atom. The highest BCUT2D eigenvalue weighted by Gasteiger charge is 2.09. The molecule has 4 heteroatoms. The summed E-state index contributed by atoms with van der Waals surface area (Å²) in [6.07, 6.45) is 1.62. The van der Waals surface area contributed by atoms with E-state index in [1.165, 1.54) is 0 Å². The van der Waals surface area contributed by atoms with Gasteiger partial charge in [0, 0.05) is 24.7 Å². The third-order valence-electron chi connectivity index (χ3n) is 3.36. The van der Waals surface area contributed by atoms with Gasteiger partial charge in [-0.1, -0.05) is 19.1 Å². The molecule has 0 amide bonds. The molecule has 4 nitrogen and oxygen atoms in total. The summed E-state index contributed by atoms with van der Waals surface area (Å²) in [6, 6.07) is 8.02. The van der Waals surface area contributed by atoms with Crippen molar-refractivity contribution in [3.63, 3.8) is 0 Å². The molecular weight excluding hydrogens is 250 g/mol. The summed E-state index contributed by atoms with van der Waals surface area (Å²) >= 11 is 0. The van der Waals surface area contributed by atoms with Crippen molar-refractivity contribution in [1.82, 2.24) is 9.97 Å². The molecule has 20 heavy (non-hydrogen) atoms. The van der Waals surface area contributed by atoms with Crippen LogP contribution >= 0.6 is 0 Å². The zero-order valence-electron chi connectivity index (χ0n) is 12.5. The minimum Gasteiger partial charge on any atom is -0.497 e. The molecule has 0 radical (unpaired) electrons. The maximum atomic E-state index is 5.25. The minimum absolute atomic E-state index is 0.708. The van der Waals surface area contributed by atoms with E-state index in [1.807, 2.05) is 25.2 Å². The van der Waals surface area contributed by atoms with E-state index in [0.717, 1.165) is 40.6 Å². The Bertz CT molecular complexity index is 571. The van der Waals surface area contributed by atoms with Gasteiger partial charge in [-0.3, -0.25) is 0 Å². The highest BCUT2D eigenvalue weighted by molar-refractivity contribution is 5.45. The van der Waals surface area contributed by atoms with Crippen LogP contribution in [0.2, 0.25) is 0 Å². The van der Waals surface area contributed by atoms with Crippen LogP contribution in [0, 0.1) is 6.92 Å². The average Bonchev–Trinajstić information content (AvgIpc) is 2.49. The molecule has 0 unspecified atom stereocenters. The molecule has 0 saturated heterocycles. The number of rotatable bonds is 5. The van der Waals surface area contributed by atoms with Crippen molar-refractivity contribution < 1.29 is 4.74 Å². The van der Waals surface area contributed by atoms with Gasteiger partial charge in [0.25, 0.3) is 0 Å². The Kier molecular flexibility index (Phi) is 4.56. The Hall–Kier alpha value is -2.10. The zero-order valence-corrected chi connectivity index (χ0v) is 12.5. The van der Waals surface area contributed by atoms with Crippen molar-refractivity contribution in [1.29, 1.82) is 0 Å². The Balaban J connectivity index is 2.32. The fourth-order valence-corrected chi connectivity index (χ4v) is 2.25. The number of benzene rings is 1. The van der Waals surface area contributed by atoms with Crippen molar-refractivity contribution in [2.75, 3.05) is 19.5 Å². The predicted molar refractivity (Wildman–Crippen MR) is 81.5 cm³/mol. The molecular formula is C16H21N3O. The number of hydrogen-bond acceptors (Lipinski definition) is 4. The van der Waals surface area contributed by atoms with Crippen LogP contribution in [-0.4, -0.2) is 24.1 Å². The fraction of sp³-hybridized carbons (Fsp3) is 0.375. The van der Waals surface area contributed by atoms with Crippen LogP contribution < -0.4 is 10.1 Å². The Labute approximate surface area is 120 Å². The van der Waals surface area contributed by atoms with Gasteiger partial charge < -0.3 is 10.1 Å². The van der Waals surface area contributed by atoms with Gasteiger partial charge in [0.1, 0.15) is 17.4 Å². The summed E-state index contributed by atoms with van der Waals surface area (Å²) in [4.78, 5) is 9.25. The molecule has 106 valence electrons. The van der Waals surface area contributed by atoms with Gasteiger partial charge in [0.2, 0.25) is 0 Å². The van der Waals surface area contributed by atoms with Gasteiger partial charge in [-0.05, 0) is 31.0 Å². The summed E-state index contributed by atoms with van der Waals surface area (Å²) in [7, 11) is 3.57. The third kappa shape index (κ3) is 3.07. The predicted octanol–water partition coefficient (Wildman–Crippen LogP) is 2.99. The van der Waals surface area contributed by atoms with Crippen LogP contribution in [0.25, 0.3) is 0 Å². The molecule has 0 aliphatic rings. The first-order valence-corrected chi connectivity index (χ1v) is 6.85. The van der Waals surface area contributed by atoms with Gasteiger partial charge in [-0.25, -0.2) is 9.97 Å². The maximum absolute atomic E-state index is 5.25. The number of methoxy groups -OCH3 is 1. The number of ether oxygens (including phenoxy) is 1. The summed E-state index contributed by atoms with van der Waals surface area (Å²) in [6.45, 7) is 4.17. The van der Waals surface area contributed by atoms with Crippen molar-refractivity contribution in [2.24, 2.45) is 0 Å². The SMILES string of the molecule is CCc1nc(Cc2cccc(OC)c2)nc(NC)c1C. The molecule has 0 fully saturated rings. The third-order valence-corrected chi connectivity index (χ3v) is 3.36. The fourth-order valence-electron chi connectivity index (χ4n) is 2.25. The van der Waals surface area contributed by atoms with Crippen molar-refractivity contribution in [3.05, 3.63) is 46.9 Å². The van der Waals surface area contributed by atoms with Gasteiger partial charge >= 0.3 is 0 Å². The van der Waals surface area contributed by atoms with E-state index in [9.17, 15) is 0 Å². The van der Waals surface area contributed by atoms with E-state index in [-0.39, 0.29) is 0 Å². The molecule has 1 aromatic carbocycles. The van der Waals surface area contributed by atoms with Gasteiger partial charge in [0.05, 0.1) is 7.11 Å². The first-order chi connectivity index (χ1) is 9.67. The Morgan fingerprint density at radius 3 is 2.70 bits per heavy atom. The van der Waals surface area contributed by atoms with Crippen LogP contribution in [-0.2, 0) is 12.8 Å². The number of anilines is 1. The van der Waals surface area contributed by atoms with E-state index in [1.54, 1.807) is 7.11 Å². The molecule has 0 aliphatic heterocycles. The van der Waals surface area contributed by atoms with Crippen molar-refractivity contribution in [3.8, 4) is 5.75 Å². The van der Waals surface area contributed by atoms with Crippen LogP contribution in [0.15, 0.2) is 24.3 Å². The van der Waals surface area contributed by atoms with Crippen LogP contribution in [0.1, 0.15) is 29.6 Å². The second kappa shape index (κ2) is 6.37. The molecule has 1 N–H and O–H groups in total. The lowest BCUT2D eigenvalue weighted by Crippen LogP contribution is -2.07. The van der Waals surface area contributed by atoms with E-state index < -0.39 is 0 Å². The van der Waals surface area contributed by atoms with Gasteiger partial charge in [0.15, 0.2) is 0 Å². The van der Waals surface area contributed by atoms with Crippen molar-refractivity contribution in [2.45, 2.75) is 26.7 Å². The summed E-state index contributed by atoms with van der Waals surface area (Å²) in [5.74, 6) is 2.61. The topological polar surface area (TPSA) is 47.0 Å². The van der Waals surface area contributed by atoms with E-state index >= 15 is 0 Å². The molecule has 0 atom stereocenters. The van der Waals surface area contributed by atoms with Crippen LogP contribution in [0.3, 0.4) is 0 Å². The molecule has 0 saturated carbocycles. The second-order valence-electron chi connectivity index (χ2n) is 4.69. The van der Waals surface area contributed by atoms with Gasteiger partial charge in [-0.2, -0.15) is 0 Å². The van der Waals surface area contributed by atoms with E-state index in [2.05, 4.69) is 35.2 Å².